The van der Waals surface area contributed by atoms with Crippen molar-refractivity contribution < 1.29 is 0 Å². The average Bonchev–Trinajstić information content (AvgIpc) is 2.85. The van der Waals surface area contributed by atoms with Crippen molar-refractivity contribution >= 4 is 0 Å². The number of aromatic nitrogens is 1. The highest BCUT2D eigenvalue weighted by Crippen LogP contribution is 2.20. The van der Waals surface area contributed by atoms with Crippen LogP contribution in [0.1, 0.15) is 87.5 Å². The van der Waals surface area contributed by atoms with Gasteiger partial charge in [-0.2, -0.15) is 0 Å². The van der Waals surface area contributed by atoms with Gasteiger partial charge in [-0.3, -0.25) is 4.98 Å². The van der Waals surface area contributed by atoms with Gasteiger partial charge in [0.25, 0.3) is 0 Å². The van der Waals surface area contributed by atoms with E-state index in [0.717, 1.165) is 25.0 Å². The van der Waals surface area contributed by atoms with Gasteiger partial charge in [0.2, 0.25) is 0 Å². The predicted molar refractivity (Wildman–Crippen MR) is 139 cm³/mol. The van der Waals surface area contributed by atoms with E-state index in [-0.39, 0.29) is 0 Å². The second kappa shape index (κ2) is 13.9. The molecular formula is C31H41N. The number of hydrogen-bond donors (Lipinski definition) is 0. The summed E-state index contributed by atoms with van der Waals surface area (Å²) >= 11 is 0. The molecule has 1 heteroatoms. The number of pyridine rings is 1. The van der Waals surface area contributed by atoms with Crippen LogP contribution < -0.4 is 0 Å². The molecule has 0 spiro atoms. The molecule has 32 heavy (non-hydrogen) atoms. The minimum atomic E-state index is 1.07. The van der Waals surface area contributed by atoms with E-state index in [2.05, 4.69) is 80.7 Å². The van der Waals surface area contributed by atoms with Crippen molar-refractivity contribution in [1.29, 1.82) is 0 Å². The van der Waals surface area contributed by atoms with Crippen molar-refractivity contribution in [3.05, 3.63) is 89.1 Å². The fourth-order valence-corrected chi connectivity index (χ4v) is 4.26. The lowest BCUT2D eigenvalue weighted by atomic mass is 10.00. The second-order valence-corrected chi connectivity index (χ2v) is 9.19. The molecule has 0 saturated carbocycles. The van der Waals surface area contributed by atoms with Gasteiger partial charge in [-0.25, -0.2) is 0 Å². The highest BCUT2D eigenvalue weighted by molar-refractivity contribution is 5.59. The SMILES string of the molecule is CCCCCCc1ccc(CCc2ccc(-c3ccc(CCCCCC)cn3)cc2)cc1. The van der Waals surface area contributed by atoms with E-state index < -0.39 is 0 Å². The molecule has 0 aliphatic heterocycles. The van der Waals surface area contributed by atoms with Crippen molar-refractivity contribution in [2.45, 2.75) is 90.9 Å². The summed E-state index contributed by atoms with van der Waals surface area (Å²) in [6.07, 6.45) is 17.2. The van der Waals surface area contributed by atoms with E-state index in [0.29, 0.717) is 0 Å². The molecule has 0 amide bonds. The van der Waals surface area contributed by atoms with E-state index in [1.807, 2.05) is 0 Å². The standard InChI is InChI=1S/C31H41N/c1-3-5-7-9-11-26-13-15-27(16-14-26)17-18-28-19-22-30(23-20-28)31-24-21-29(25-32-31)12-10-8-6-4-2/h13-16,19-25H,3-12,17-18H2,1-2H3. The molecule has 0 atom stereocenters. The maximum absolute atomic E-state index is 4.71. The summed E-state index contributed by atoms with van der Waals surface area (Å²) in [4.78, 5) is 4.71. The quantitative estimate of drug-likeness (QED) is 0.234. The summed E-state index contributed by atoms with van der Waals surface area (Å²) in [6.45, 7) is 4.53. The van der Waals surface area contributed by atoms with Gasteiger partial charge in [-0.1, -0.05) is 107 Å². The van der Waals surface area contributed by atoms with Gasteiger partial charge in [0, 0.05) is 11.8 Å². The van der Waals surface area contributed by atoms with Crippen molar-refractivity contribution in [2.75, 3.05) is 0 Å². The molecule has 0 aliphatic carbocycles. The first kappa shape index (κ1) is 24.2. The third-order valence-corrected chi connectivity index (χ3v) is 6.44. The van der Waals surface area contributed by atoms with Gasteiger partial charge in [0.15, 0.2) is 0 Å². The Bertz CT molecular complexity index is 875. The van der Waals surface area contributed by atoms with Crippen LogP contribution >= 0.6 is 0 Å². The molecule has 0 fully saturated rings. The highest BCUT2D eigenvalue weighted by atomic mass is 14.7. The Balaban J connectivity index is 1.45. The van der Waals surface area contributed by atoms with Gasteiger partial charge < -0.3 is 0 Å². The van der Waals surface area contributed by atoms with Crippen LogP contribution in [0.5, 0.6) is 0 Å². The fraction of sp³-hybridized carbons (Fsp3) is 0.452. The summed E-state index contributed by atoms with van der Waals surface area (Å²) in [6, 6.07) is 22.7. The predicted octanol–water partition coefficient (Wildman–Crippen LogP) is 8.78. The normalized spacial score (nSPS) is 11.1. The molecule has 1 nitrogen and oxygen atoms in total. The van der Waals surface area contributed by atoms with Crippen LogP contribution in [0.3, 0.4) is 0 Å². The third-order valence-electron chi connectivity index (χ3n) is 6.44. The van der Waals surface area contributed by atoms with Gasteiger partial charge in [-0.05, 0) is 66.8 Å². The molecule has 0 radical (unpaired) electrons. The topological polar surface area (TPSA) is 12.9 Å². The summed E-state index contributed by atoms with van der Waals surface area (Å²) in [5, 5.41) is 0. The number of benzene rings is 2. The Labute approximate surface area is 196 Å². The van der Waals surface area contributed by atoms with Gasteiger partial charge in [0.05, 0.1) is 5.69 Å². The molecular weight excluding hydrogens is 386 g/mol. The molecule has 3 aromatic rings. The summed E-state index contributed by atoms with van der Waals surface area (Å²) in [7, 11) is 0. The minimum Gasteiger partial charge on any atom is -0.256 e. The second-order valence-electron chi connectivity index (χ2n) is 9.19. The van der Waals surface area contributed by atoms with Crippen LogP contribution in [-0.4, -0.2) is 4.98 Å². The van der Waals surface area contributed by atoms with E-state index in [9.17, 15) is 0 Å². The molecule has 0 saturated heterocycles. The third kappa shape index (κ3) is 8.26. The molecule has 0 unspecified atom stereocenters. The number of rotatable bonds is 14. The molecule has 0 N–H and O–H groups in total. The fourth-order valence-electron chi connectivity index (χ4n) is 4.26. The molecule has 0 aliphatic rings. The number of aryl methyl sites for hydroxylation is 4. The molecule has 2 aromatic carbocycles. The minimum absolute atomic E-state index is 1.07. The molecule has 170 valence electrons. The maximum Gasteiger partial charge on any atom is 0.0702 e. The Morgan fingerprint density at radius 2 is 0.938 bits per heavy atom. The van der Waals surface area contributed by atoms with Crippen LogP contribution in [0, 0.1) is 0 Å². The van der Waals surface area contributed by atoms with Crippen molar-refractivity contribution in [2.24, 2.45) is 0 Å². The molecule has 1 heterocycles. The van der Waals surface area contributed by atoms with Crippen LogP contribution in [-0.2, 0) is 25.7 Å². The molecule has 1 aromatic heterocycles. The van der Waals surface area contributed by atoms with E-state index in [4.69, 9.17) is 4.98 Å². The first-order valence-corrected chi connectivity index (χ1v) is 12.9. The van der Waals surface area contributed by atoms with E-state index in [1.54, 1.807) is 0 Å². The first-order valence-electron chi connectivity index (χ1n) is 12.9. The van der Waals surface area contributed by atoms with E-state index >= 15 is 0 Å². The number of hydrogen-bond acceptors (Lipinski definition) is 1. The smallest absolute Gasteiger partial charge is 0.0702 e. The lowest BCUT2D eigenvalue weighted by Gasteiger charge is -2.07. The van der Waals surface area contributed by atoms with Crippen molar-refractivity contribution in [1.82, 2.24) is 4.98 Å². The van der Waals surface area contributed by atoms with Gasteiger partial charge in [-0.15, -0.1) is 0 Å². The summed E-state index contributed by atoms with van der Waals surface area (Å²) in [5.74, 6) is 0. The van der Waals surface area contributed by atoms with Crippen molar-refractivity contribution in [3.63, 3.8) is 0 Å². The van der Waals surface area contributed by atoms with Gasteiger partial charge in [0.1, 0.15) is 0 Å². The molecule has 3 rings (SSSR count). The number of unbranched alkanes of at least 4 members (excludes halogenated alkanes) is 6. The van der Waals surface area contributed by atoms with Crippen molar-refractivity contribution in [3.8, 4) is 11.3 Å². The average molecular weight is 428 g/mol. The Morgan fingerprint density at radius 3 is 1.44 bits per heavy atom. The zero-order valence-corrected chi connectivity index (χ0v) is 20.3. The van der Waals surface area contributed by atoms with Crippen LogP contribution in [0.4, 0.5) is 0 Å². The van der Waals surface area contributed by atoms with Crippen LogP contribution in [0.15, 0.2) is 66.9 Å². The Hall–Kier alpha value is -2.41. The highest BCUT2D eigenvalue weighted by Gasteiger charge is 2.02. The van der Waals surface area contributed by atoms with Crippen LogP contribution in [0.25, 0.3) is 11.3 Å². The van der Waals surface area contributed by atoms with E-state index in [1.165, 1.54) is 85.6 Å². The van der Waals surface area contributed by atoms with Crippen LogP contribution in [0.2, 0.25) is 0 Å². The Kier molecular flexibility index (Phi) is 10.5. The zero-order valence-electron chi connectivity index (χ0n) is 20.3. The summed E-state index contributed by atoms with van der Waals surface area (Å²) < 4.78 is 0. The monoisotopic (exact) mass is 427 g/mol. The first-order chi connectivity index (χ1) is 15.8. The largest absolute Gasteiger partial charge is 0.256 e. The number of nitrogens with zero attached hydrogens (tertiary/aromatic N) is 1. The molecule has 0 bridgehead atoms. The van der Waals surface area contributed by atoms with Gasteiger partial charge >= 0.3 is 0 Å². The zero-order chi connectivity index (χ0) is 22.4. The summed E-state index contributed by atoms with van der Waals surface area (Å²) in [5.41, 5.74) is 7.94. The lowest BCUT2D eigenvalue weighted by molar-refractivity contribution is 0.666. The Morgan fingerprint density at radius 1 is 0.469 bits per heavy atom. The lowest BCUT2D eigenvalue weighted by Crippen LogP contribution is -1.93. The maximum atomic E-state index is 4.71.